The molecule has 96 valence electrons. The van der Waals surface area contributed by atoms with E-state index in [1.807, 2.05) is 6.92 Å². The van der Waals surface area contributed by atoms with Gasteiger partial charge in [-0.25, -0.2) is 0 Å². The number of amides is 1. The molecule has 0 heterocycles. The summed E-state index contributed by atoms with van der Waals surface area (Å²) in [5.74, 6) is 0.340. The second-order valence-corrected chi connectivity index (χ2v) is 4.63. The van der Waals surface area contributed by atoms with Crippen LogP contribution in [0.1, 0.15) is 32.6 Å². The number of halogens is 1. The van der Waals surface area contributed by atoms with Crippen molar-refractivity contribution in [3.05, 3.63) is 0 Å². The Hall–Kier alpha value is -0.320. The summed E-state index contributed by atoms with van der Waals surface area (Å²) in [6.45, 7) is 3.35. The smallest absolute Gasteiger partial charge is 0.240 e. The number of methoxy groups -OCH3 is 1. The molecule has 1 aliphatic rings. The summed E-state index contributed by atoms with van der Waals surface area (Å²) in [5, 5.41) is 2.91. The standard InChI is InChI=1S/C11H22N2O2.ClH/c1-9(8-15-2)7-13-10(14)11(12)5-3-4-6-11;/h9H,3-8,12H2,1-2H3,(H,13,14);1H. The zero-order chi connectivity index (χ0) is 11.3. The lowest BCUT2D eigenvalue weighted by Crippen LogP contribution is -2.52. The number of carbonyl (C=O) groups is 1. The summed E-state index contributed by atoms with van der Waals surface area (Å²) in [6, 6.07) is 0. The van der Waals surface area contributed by atoms with E-state index < -0.39 is 5.54 Å². The molecule has 16 heavy (non-hydrogen) atoms. The second-order valence-electron chi connectivity index (χ2n) is 4.63. The summed E-state index contributed by atoms with van der Waals surface area (Å²) in [7, 11) is 1.67. The van der Waals surface area contributed by atoms with E-state index in [2.05, 4.69) is 5.32 Å². The molecule has 4 nitrogen and oxygen atoms in total. The fraction of sp³-hybridized carbons (Fsp3) is 0.909. The van der Waals surface area contributed by atoms with Gasteiger partial charge < -0.3 is 15.8 Å². The molecule has 1 amide bonds. The maximum absolute atomic E-state index is 11.8. The first kappa shape index (κ1) is 15.7. The van der Waals surface area contributed by atoms with E-state index in [4.69, 9.17) is 10.5 Å². The zero-order valence-corrected chi connectivity index (χ0v) is 10.9. The Labute approximate surface area is 104 Å². The fourth-order valence-electron chi connectivity index (χ4n) is 2.02. The number of ether oxygens (including phenoxy) is 1. The van der Waals surface area contributed by atoms with Gasteiger partial charge in [-0.05, 0) is 18.8 Å². The van der Waals surface area contributed by atoms with Crippen LogP contribution >= 0.6 is 12.4 Å². The van der Waals surface area contributed by atoms with Crippen molar-refractivity contribution in [2.75, 3.05) is 20.3 Å². The predicted molar refractivity (Wildman–Crippen MR) is 66.7 cm³/mol. The third-order valence-corrected chi connectivity index (χ3v) is 3.01. The summed E-state index contributed by atoms with van der Waals surface area (Å²) in [4.78, 5) is 11.8. The van der Waals surface area contributed by atoms with Crippen LogP contribution in [0.25, 0.3) is 0 Å². The van der Waals surface area contributed by atoms with Crippen LogP contribution in [0.3, 0.4) is 0 Å². The molecule has 0 aliphatic heterocycles. The molecule has 1 aliphatic carbocycles. The maximum Gasteiger partial charge on any atom is 0.240 e. The number of nitrogens with two attached hydrogens (primary N) is 1. The highest BCUT2D eigenvalue weighted by Crippen LogP contribution is 2.27. The molecule has 1 saturated carbocycles. The van der Waals surface area contributed by atoms with Gasteiger partial charge in [-0.3, -0.25) is 4.79 Å². The van der Waals surface area contributed by atoms with E-state index in [1.54, 1.807) is 7.11 Å². The van der Waals surface area contributed by atoms with Gasteiger partial charge in [0, 0.05) is 13.7 Å². The highest BCUT2D eigenvalue weighted by atomic mass is 35.5. The quantitative estimate of drug-likeness (QED) is 0.768. The first-order valence-corrected chi connectivity index (χ1v) is 5.64. The fourth-order valence-corrected chi connectivity index (χ4v) is 2.02. The minimum Gasteiger partial charge on any atom is -0.384 e. The van der Waals surface area contributed by atoms with Crippen LogP contribution in [0.2, 0.25) is 0 Å². The van der Waals surface area contributed by atoms with Crippen molar-refractivity contribution in [1.82, 2.24) is 5.32 Å². The first-order valence-electron chi connectivity index (χ1n) is 5.64. The summed E-state index contributed by atoms with van der Waals surface area (Å²) >= 11 is 0. The first-order chi connectivity index (χ1) is 7.08. The second kappa shape index (κ2) is 7.09. The van der Waals surface area contributed by atoms with Gasteiger partial charge in [-0.1, -0.05) is 19.8 Å². The normalized spacial score (nSPS) is 19.9. The molecule has 0 aromatic rings. The van der Waals surface area contributed by atoms with E-state index in [-0.39, 0.29) is 18.3 Å². The highest BCUT2D eigenvalue weighted by molar-refractivity contribution is 5.86. The molecule has 0 radical (unpaired) electrons. The Morgan fingerprint density at radius 2 is 2.06 bits per heavy atom. The SMILES string of the molecule is COCC(C)CNC(=O)C1(N)CCCC1.Cl. The third-order valence-electron chi connectivity index (χ3n) is 3.01. The van der Waals surface area contributed by atoms with Gasteiger partial charge in [0.25, 0.3) is 0 Å². The van der Waals surface area contributed by atoms with Gasteiger partial charge in [0.05, 0.1) is 12.1 Å². The van der Waals surface area contributed by atoms with Crippen molar-refractivity contribution >= 4 is 18.3 Å². The summed E-state index contributed by atoms with van der Waals surface area (Å²) in [5.41, 5.74) is 5.42. The van der Waals surface area contributed by atoms with Crippen molar-refractivity contribution in [1.29, 1.82) is 0 Å². The highest BCUT2D eigenvalue weighted by Gasteiger charge is 2.36. The van der Waals surface area contributed by atoms with Crippen LogP contribution in [0.5, 0.6) is 0 Å². The Bertz CT molecular complexity index is 218. The molecule has 1 rings (SSSR count). The van der Waals surface area contributed by atoms with Gasteiger partial charge in [-0.15, -0.1) is 12.4 Å². The van der Waals surface area contributed by atoms with Gasteiger partial charge in [0.15, 0.2) is 0 Å². The van der Waals surface area contributed by atoms with Gasteiger partial charge in [0.1, 0.15) is 0 Å². The number of nitrogens with one attached hydrogen (secondary N) is 1. The van der Waals surface area contributed by atoms with E-state index in [0.29, 0.717) is 19.1 Å². The van der Waals surface area contributed by atoms with Crippen molar-refractivity contribution in [3.63, 3.8) is 0 Å². The number of rotatable bonds is 5. The topological polar surface area (TPSA) is 64.3 Å². The van der Waals surface area contributed by atoms with E-state index in [0.717, 1.165) is 25.7 Å². The predicted octanol–water partition coefficient (Wildman–Crippen LogP) is 1.08. The lowest BCUT2D eigenvalue weighted by Gasteiger charge is -2.23. The number of carbonyl (C=O) groups excluding carboxylic acids is 1. The molecule has 0 spiro atoms. The van der Waals surface area contributed by atoms with E-state index in [1.165, 1.54) is 0 Å². The minimum absolute atomic E-state index is 0. The van der Waals surface area contributed by atoms with Crippen LogP contribution in [-0.4, -0.2) is 31.7 Å². The molecule has 3 N–H and O–H groups in total. The Kier molecular flexibility index (Phi) is 6.95. The molecule has 1 unspecified atom stereocenters. The summed E-state index contributed by atoms with van der Waals surface area (Å²) in [6.07, 6.45) is 3.77. The van der Waals surface area contributed by atoms with Crippen molar-refractivity contribution in [2.24, 2.45) is 11.7 Å². The van der Waals surface area contributed by atoms with Crippen LogP contribution in [0.15, 0.2) is 0 Å². The van der Waals surface area contributed by atoms with Crippen LogP contribution < -0.4 is 11.1 Å². The van der Waals surface area contributed by atoms with Crippen molar-refractivity contribution in [2.45, 2.75) is 38.1 Å². The Morgan fingerprint density at radius 1 is 1.50 bits per heavy atom. The summed E-state index contributed by atoms with van der Waals surface area (Å²) < 4.78 is 5.00. The molecule has 5 heteroatoms. The van der Waals surface area contributed by atoms with E-state index in [9.17, 15) is 4.79 Å². The largest absolute Gasteiger partial charge is 0.384 e. The number of hydrogen-bond acceptors (Lipinski definition) is 3. The lowest BCUT2D eigenvalue weighted by atomic mass is 9.98. The van der Waals surface area contributed by atoms with Crippen LogP contribution in [-0.2, 0) is 9.53 Å². The molecule has 1 fully saturated rings. The van der Waals surface area contributed by atoms with Gasteiger partial charge in [-0.2, -0.15) is 0 Å². The van der Waals surface area contributed by atoms with Gasteiger partial charge >= 0.3 is 0 Å². The monoisotopic (exact) mass is 250 g/mol. The molecular weight excluding hydrogens is 228 g/mol. The molecular formula is C11H23ClN2O2. The van der Waals surface area contributed by atoms with E-state index >= 15 is 0 Å². The third kappa shape index (κ3) is 4.28. The molecule has 0 aromatic carbocycles. The average molecular weight is 251 g/mol. The molecule has 0 saturated heterocycles. The maximum atomic E-state index is 11.8. The Morgan fingerprint density at radius 3 is 2.56 bits per heavy atom. The van der Waals surface area contributed by atoms with Crippen LogP contribution in [0, 0.1) is 5.92 Å². The van der Waals surface area contributed by atoms with Crippen LogP contribution in [0.4, 0.5) is 0 Å². The lowest BCUT2D eigenvalue weighted by molar-refractivity contribution is -0.126. The minimum atomic E-state index is -0.604. The Balaban J connectivity index is 0.00000225. The van der Waals surface area contributed by atoms with Crippen molar-refractivity contribution in [3.8, 4) is 0 Å². The molecule has 0 bridgehead atoms. The molecule has 0 aromatic heterocycles. The van der Waals surface area contributed by atoms with Crippen molar-refractivity contribution < 1.29 is 9.53 Å². The zero-order valence-electron chi connectivity index (χ0n) is 10.1. The number of hydrogen-bond donors (Lipinski definition) is 2. The van der Waals surface area contributed by atoms with Gasteiger partial charge in [0.2, 0.25) is 5.91 Å². The average Bonchev–Trinajstić information content (AvgIpc) is 2.63. The molecule has 1 atom stereocenters.